The molecule has 4 nitrogen and oxygen atoms in total. The van der Waals surface area contributed by atoms with Crippen molar-refractivity contribution in [3.63, 3.8) is 0 Å². The number of carbonyl (C=O) groups excluding carboxylic acids is 1. The van der Waals surface area contributed by atoms with Gasteiger partial charge in [-0.1, -0.05) is 6.07 Å². The molecule has 1 aliphatic rings. The van der Waals surface area contributed by atoms with E-state index in [0.29, 0.717) is 13.1 Å². The lowest BCUT2D eigenvalue weighted by molar-refractivity contribution is -0.142. The van der Waals surface area contributed by atoms with E-state index in [0.717, 1.165) is 11.1 Å². The second-order valence-corrected chi connectivity index (χ2v) is 3.59. The topological polar surface area (TPSA) is 58.6 Å². The molecule has 0 saturated carbocycles. The lowest BCUT2D eigenvalue weighted by Gasteiger charge is -2.24. The molecule has 0 saturated heterocycles. The largest absolute Gasteiger partial charge is 0.508 e. The van der Waals surface area contributed by atoms with Crippen molar-refractivity contribution in [2.24, 2.45) is 0 Å². The summed E-state index contributed by atoms with van der Waals surface area (Å²) in [5, 5.41) is 12.4. The number of esters is 1. The first-order chi connectivity index (χ1) is 7.22. The number of hydrogen-bond acceptors (Lipinski definition) is 4. The Hall–Kier alpha value is -1.55. The van der Waals surface area contributed by atoms with E-state index < -0.39 is 0 Å². The van der Waals surface area contributed by atoms with Crippen molar-refractivity contribution in [3.05, 3.63) is 29.3 Å². The van der Waals surface area contributed by atoms with Crippen LogP contribution in [0.15, 0.2) is 18.2 Å². The van der Waals surface area contributed by atoms with E-state index in [1.807, 2.05) is 0 Å². The highest BCUT2D eigenvalue weighted by Gasteiger charge is 2.26. The molecule has 4 heteroatoms. The van der Waals surface area contributed by atoms with E-state index in [2.05, 4.69) is 5.32 Å². The van der Waals surface area contributed by atoms with Crippen LogP contribution in [0, 0.1) is 0 Å². The highest BCUT2D eigenvalue weighted by atomic mass is 16.5. The van der Waals surface area contributed by atoms with Gasteiger partial charge in [-0.05, 0) is 23.3 Å². The molecule has 1 atom stereocenters. The van der Waals surface area contributed by atoms with Crippen molar-refractivity contribution in [1.82, 2.24) is 5.32 Å². The third kappa shape index (κ3) is 1.80. The van der Waals surface area contributed by atoms with Crippen LogP contribution in [-0.4, -0.2) is 24.7 Å². The van der Waals surface area contributed by atoms with Gasteiger partial charge in [-0.2, -0.15) is 0 Å². The van der Waals surface area contributed by atoms with Gasteiger partial charge in [0.25, 0.3) is 0 Å². The summed E-state index contributed by atoms with van der Waals surface area (Å²) in [6, 6.07) is 5.06. The molecule has 2 rings (SSSR count). The second-order valence-electron chi connectivity index (χ2n) is 3.59. The number of fused-ring (bicyclic) bond motifs is 1. The van der Waals surface area contributed by atoms with Gasteiger partial charge in [0.15, 0.2) is 0 Å². The SMILES string of the molecule is COC(=O)C1CNCc2cc(O)ccc21. The highest BCUT2D eigenvalue weighted by Crippen LogP contribution is 2.27. The summed E-state index contributed by atoms with van der Waals surface area (Å²) in [5.74, 6) is -0.283. The molecule has 1 aromatic carbocycles. The molecule has 1 heterocycles. The van der Waals surface area contributed by atoms with Crippen molar-refractivity contribution in [3.8, 4) is 5.75 Å². The van der Waals surface area contributed by atoms with Crippen LogP contribution in [0.1, 0.15) is 17.0 Å². The number of rotatable bonds is 1. The summed E-state index contributed by atoms with van der Waals surface area (Å²) < 4.78 is 4.74. The molecule has 1 unspecified atom stereocenters. The van der Waals surface area contributed by atoms with Crippen LogP contribution in [-0.2, 0) is 16.1 Å². The first-order valence-electron chi connectivity index (χ1n) is 4.82. The minimum absolute atomic E-state index is 0.223. The molecule has 1 aliphatic heterocycles. The Kier molecular flexibility index (Phi) is 2.60. The molecule has 0 spiro atoms. The number of carbonyl (C=O) groups is 1. The average Bonchev–Trinajstić information content (AvgIpc) is 2.26. The maximum absolute atomic E-state index is 11.5. The van der Waals surface area contributed by atoms with Crippen molar-refractivity contribution in [2.75, 3.05) is 13.7 Å². The summed E-state index contributed by atoms with van der Waals surface area (Å²) in [5.41, 5.74) is 1.90. The molecule has 0 aromatic heterocycles. The number of nitrogens with one attached hydrogen (secondary N) is 1. The summed E-state index contributed by atoms with van der Waals surface area (Å²) in [4.78, 5) is 11.5. The van der Waals surface area contributed by atoms with Gasteiger partial charge in [-0.15, -0.1) is 0 Å². The molecule has 0 amide bonds. The molecule has 2 N–H and O–H groups in total. The quantitative estimate of drug-likeness (QED) is 0.667. The molecule has 80 valence electrons. The Bertz CT molecular complexity index is 389. The predicted molar refractivity (Wildman–Crippen MR) is 54.6 cm³/mol. The number of ether oxygens (including phenoxy) is 1. The zero-order valence-electron chi connectivity index (χ0n) is 8.49. The van der Waals surface area contributed by atoms with Crippen LogP contribution in [0.3, 0.4) is 0 Å². The van der Waals surface area contributed by atoms with Crippen LogP contribution in [0.2, 0.25) is 0 Å². The Balaban J connectivity index is 2.38. The molecule has 1 aromatic rings. The van der Waals surface area contributed by atoms with Crippen molar-refractivity contribution < 1.29 is 14.6 Å². The lowest BCUT2D eigenvalue weighted by Crippen LogP contribution is -2.33. The number of phenols is 1. The first kappa shape index (κ1) is 9.98. The van der Waals surface area contributed by atoms with Crippen LogP contribution in [0.5, 0.6) is 5.75 Å². The maximum Gasteiger partial charge on any atom is 0.314 e. The van der Waals surface area contributed by atoms with E-state index in [-0.39, 0.29) is 17.6 Å². The van der Waals surface area contributed by atoms with Crippen molar-refractivity contribution in [1.29, 1.82) is 0 Å². The Labute approximate surface area is 87.9 Å². The van der Waals surface area contributed by atoms with Gasteiger partial charge in [0.05, 0.1) is 13.0 Å². The standard InChI is InChI=1S/C11H13NO3/c1-15-11(14)10-6-12-5-7-4-8(13)2-3-9(7)10/h2-4,10,12-13H,5-6H2,1H3. The smallest absolute Gasteiger partial charge is 0.314 e. The van der Waals surface area contributed by atoms with Gasteiger partial charge < -0.3 is 15.2 Å². The van der Waals surface area contributed by atoms with Crippen molar-refractivity contribution >= 4 is 5.97 Å². The number of phenolic OH excluding ortho intramolecular Hbond substituents is 1. The monoisotopic (exact) mass is 207 g/mol. The fraction of sp³-hybridized carbons (Fsp3) is 0.364. The Morgan fingerprint density at radius 3 is 3.13 bits per heavy atom. The normalized spacial score (nSPS) is 19.4. The lowest BCUT2D eigenvalue weighted by atomic mass is 9.91. The second kappa shape index (κ2) is 3.90. The summed E-state index contributed by atoms with van der Waals surface area (Å²) in [6.07, 6.45) is 0. The van der Waals surface area contributed by atoms with Gasteiger partial charge in [0.1, 0.15) is 5.75 Å². The maximum atomic E-state index is 11.5. The van der Waals surface area contributed by atoms with E-state index in [1.54, 1.807) is 18.2 Å². The number of methoxy groups -OCH3 is 1. The molecular weight excluding hydrogens is 194 g/mol. The van der Waals surface area contributed by atoms with Gasteiger partial charge in [-0.3, -0.25) is 4.79 Å². The summed E-state index contributed by atoms with van der Waals surface area (Å²) in [7, 11) is 1.39. The molecule has 15 heavy (non-hydrogen) atoms. The van der Waals surface area contributed by atoms with Crippen LogP contribution < -0.4 is 5.32 Å². The van der Waals surface area contributed by atoms with Gasteiger partial charge in [-0.25, -0.2) is 0 Å². The van der Waals surface area contributed by atoms with E-state index >= 15 is 0 Å². The van der Waals surface area contributed by atoms with Gasteiger partial charge in [0.2, 0.25) is 0 Å². The zero-order valence-corrected chi connectivity index (χ0v) is 8.49. The fourth-order valence-electron chi connectivity index (χ4n) is 1.90. The van der Waals surface area contributed by atoms with Gasteiger partial charge >= 0.3 is 5.97 Å². The molecule has 0 aliphatic carbocycles. The summed E-state index contributed by atoms with van der Waals surface area (Å²) in [6.45, 7) is 1.27. The Morgan fingerprint density at radius 1 is 1.60 bits per heavy atom. The highest BCUT2D eigenvalue weighted by molar-refractivity contribution is 5.79. The third-order valence-corrected chi connectivity index (χ3v) is 2.65. The van der Waals surface area contributed by atoms with Gasteiger partial charge in [0, 0.05) is 13.1 Å². The molecular formula is C11H13NO3. The first-order valence-corrected chi connectivity index (χ1v) is 4.82. The average molecular weight is 207 g/mol. The van der Waals surface area contributed by atoms with E-state index in [1.165, 1.54) is 7.11 Å². The molecule has 0 bridgehead atoms. The van der Waals surface area contributed by atoms with Crippen molar-refractivity contribution in [2.45, 2.75) is 12.5 Å². The predicted octanol–water partition coefficient (Wildman–Crippen LogP) is 0.752. The number of benzene rings is 1. The third-order valence-electron chi connectivity index (χ3n) is 2.65. The number of aromatic hydroxyl groups is 1. The van der Waals surface area contributed by atoms with E-state index in [4.69, 9.17) is 4.74 Å². The van der Waals surface area contributed by atoms with Crippen LogP contribution in [0.25, 0.3) is 0 Å². The van der Waals surface area contributed by atoms with Crippen LogP contribution >= 0.6 is 0 Å². The van der Waals surface area contributed by atoms with E-state index in [9.17, 15) is 9.90 Å². The minimum atomic E-state index is -0.264. The number of hydrogen-bond donors (Lipinski definition) is 2. The Morgan fingerprint density at radius 2 is 2.40 bits per heavy atom. The zero-order chi connectivity index (χ0) is 10.8. The molecule has 0 radical (unpaired) electrons. The fourth-order valence-corrected chi connectivity index (χ4v) is 1.90. The summed E-state index contributed by atoms with van der Waals surface area (Å²) >= 11 is 0. The minimum Gasteiger partial charge on any atom is -0.508 e. The molecule has 0 fully saturated rings. The van der Waals surface area contributed by atoms with Crippen LogP contribution in [0.4, 0.5) is 0 Å².